The molecular formula is C21H27N5O2. The Bertz CT molecular complexity index is 811. The predicted octanol–water partition coefficient (Wildman–Crippen LogP) is 2.04. The van der Waals surface area contributed by atoms with Gasteiger partial charge in [-0.15, -0.1) is 0 Å². The van der Waals surface area contributed by atoms with Gasteiger partial charge >= 0.3 is 0 Å². The maximum Gasteiger partial charge on any atom is 0.224 e. The minimum absolute atomic E-state index is 0.165. The second-order valence-corrected chi connectivity index (χ2v) is 7.66. The van der Waals surface area contributed by atoms with Crippen LogP contribution in [0, 0.1) is 0 Å². The van der Waals surface area contributed by atoms with Gasteiger partial charge < -0.3 is 14.4 Å². The van der Waals surface area contributed by atoms with E-state index in [9.17, 15) is 9.59 Å². The number of imidazole rings is 1. The summed E-state index contributed by atoms with van der Waals surface area (Å²) in [6.45, 7) is 3.68. The molecule has 0 aliphatic carbocycles. The van der Waals surface area contributed by atoms with Crippen molar-refractivity contribution in [1.82, 2.24) is 24.3 Å². The van der Waals surface area contributed by atoms with Crippen molar-refractivity contribution in [2.24, 2.45) is 0 Å². The summed E-state index contributed by atoms with van der Waals surface area (Å²) in [7, 11) is 0. The third-order valence-electron chi connectivity index (χ3n) is 5.83. The van der Waals surface area contributed by atoms with Gasteiger partial charge in [0.05, 0.1) is 0 Å². The second-order valence-electron chi connectivity index (χ2n) is 7.66. The summed E-state index contributed by atoms with van der Waals surface area (Å²) in [5.41, 5.74) is 1.21. The van der Waals surface area contributed by atoms with Gasteiger partial charge in [-0.25, -0.2) is 4.98 Å². The molecule has 2 aliphatic rings. The molecule has 0 atom stereocenters. The SMILES string of the molecule is O=C1CCCN1CCC(=O)N1CCC(c2nccn2Cc2ccncc2)CC1. The first-order valence-electron chi connectivity index (χ1n) is 10.2. The number of carbonyl (C=O) groups is 2. The average molecular weight is 381 g/mol. The lowest BCUT2D eigenvalue weighted by Gasteiger charge is -2.32. The number of rotatable bonds is 6. The van der Waals surface area contributed by atoms with Crippen LogP contribution in [-0.4, -0.2) is 62.3 Å². The van der Waals surface area contributed by atoms with Crippen LogP contribution in [-0.2, 0) is 16.1 Å². The van der Waals surface area contributed by atoms with Crippen molar-refractivity contribution in [1.29, 1.82) is 0 Å². The molecule has 0 N–H and O–H groups in total. The van der Waals surface area contributed by atoms with E-state index in [1.54, 1.807) is 0 Å². The number of carbonyl (C=O) groups excluding carboxylic acids is 2. The van der Waals surface area contributed by atoms with Crippen molar-refractivity contribution >= 4 is 11.8 Å². The lowest BCUT2D eigenvalue weighted by Crippen LogP contribution is -2.40. The van der Waals surface area contributed by atoms with E-state index in [2.05, 4.69) is 14.5 Å². The quantitative estimate of drug-likeness (QED) is 0.768. The minimum Gasteiger partial charge on any atom is -0.343 e. The van der Waals surface area contributed by atoms with Crippen LogP contribution in [0.2, 0.25) is 0 Å². The van der Waals surface area contributed by atoms with Gasteiger partial charge in [-0.1, -0.05) is 0 Å². The number of pyridine rings is 1. The molecule has 0 aromatic carbocycles. The number of hydrogen-bond acceptors (Lipinski definition) is 4. The fourth-order valence-electron chi connectivity index (χ4n) is 4.22. The number of likely N-dealkylation sites (tertiary alicyclic amines) is 2. The number of piperidine rings is 1. The van der Waals surface area contributed by atoms with Crippen LogP contribution in [0.25, 0.3) is 0 Å². The van der Waals surface area contributed by atoms with Crippen LogP contribution in [0.4, 0.5) is 0 Å². The maximum absolute atomic E-state index is 12.5. The standard InChI is InChI=1S/C21H27N5O2/c27-19-2-1-11-24(19)14-7-20(28)25-12-5-18(6-13-25)21-23-10-15-26(21)16-17-3-8-22-9-4-17/h3-4,8-10,15,18H,1-2,5-7,11-14,16H2. The van der Waals surface area contributed by atoms with E-state index in [0.29, 0.717) is 25.3 Å². The van der Waals surface area contributed by atoms with Crippen molar-refractivity contribution in [2.45, 2.75) is 44.6 Å². The summed E-state index contributed by atoms with van der Waals surface area (Å²) < 4.78 is 2.20. The highest BCUT2D eigenvalue weighted by Gasteiger charge is 2.27. The monoisotopic (exact) mass is 381 g/mol. The lowest BCUT2D eigenvalue weighted by molar-refractivity contribution is -0.133. The summed E-state index contributed by atoms with van der Waals surface area (Å²) in [5.74, 6) is 1.83. The molecule has 2 amide bonds. The molecule has 0 unspecified atom stereocenters. The Labute approximate surface area is 165 Å². The average Bonchev–Trinajstić information content (AvgIpc) is 3.36. The van der Waals surface area contributed by atoms with Crippen LogP contribution in [0.15, 0.2) is 36.9 Å². The molecule has 2 fully saturated rings. The molecule has 7 heteroatoms. The fourth-order valence-corrected chi connectivity index (χ4v) is 4.22. The van der Waals surface area contributed by atoms with Crippen molar-refractivity contribution in [3.63, 3.8) is 0 Å². The van der Waals surface area contributed by atoms with Crippen molar-refractivity contribution in [2.75, 3.05) is 26.2 Å². The van der Waals surface area contributed by atoms with E-state index < -0.39 is 0 Å². The Morgan fingerprint density at radius 1 is 1.11 bits per heavy atom. The summed E-state index contributed by atoms with van der Waals surface area (Å²) in [6, 6.07) is 4.05. The van der Waals surface area contributed by atoms with Gasteiger partial charge in [0.1, 0.15) is 5.82 Å². The van der Waals surface area contributed by atoms with E-state index in [0.717, 1.165) is 51.3 Å². The molecule has 0 spiro atoms. The maximum atomic E-state index is 12.5. The second kappa shape index (κ2) is 8.54. The van der Waals surface area contributed by atoms with E-state index in [1.165, 1.54) is 5.56 Å². The molecule has 2 aromatic rings. The molecule has 2 saturated heterocycles. The van der Waals surface area contributed by atoms with Crippen molar-refractivity contribution in [3.05, 3.63) is 48.3 Å². The summed E-state index contributed by atoms with van der Waals surface area (Å²) in [5, 5.41) is 0. The number of hydrogen-bond donors (Lipinski definition) is 0. The van der Waals surface area contributed by atoms with E-state index in [4.69, 9.17) is 0 Å². The first-order chi connectivity index (χ1) is 13.7. The molecule has 2 aliphatic heterocycles. The smallest absolute Gasteiger partial charge is 0.224 e. The Morgan fingerprint density at radius 2 is 1.89 bits per heavy atom. The zero-order valence-corrected chi connectivity index (χ0v) is 16.2. The van der Waals surface area contributed by atoms with Crippen LogP contribution in [0.5, 0.6) is 0 Å². The first-order valence-corrected chi connectivity index (χ1v) is 10.2. The molecule has 4 heterocycles. The third kappa shape index (κ3) is 4.24. The Balaban J connectivity index is 1.29. The summed E-state index contributed by atoms with van der Waals surface area (Å²) in [6.07, 6.45) is 11.4. The molecule has 0 radical (unpaired) electrons. The Morgan fingerprint density at radius 3 is 2.61 bits per heavy atom. The van der Waals surface area contributed by atoms with Gasteiger partial charge in [-0.3, -0.25) is 14.6 Å². The highest BCUT2D eigenvalue weighted by Crippen LogP contribution is 2.27. The van der Waals surface area contributed by atoms with Gasteiger partial charge in [0.15, 0.2) is 0 Å². The summed E-state index contributed by atoms with van der Waals surface area (Å²) in [4.78, 5) is 36.7. The number of aromatic nitrogens is 3. The first kappa shape index (κ1) is 18.7. The number of nitrogens with zero attached hydrogens (tertiary/aromatic N) is 5. The number of amides is 2. The molecular weight excluding hydrogens is 354 g/mol. The highest BCUT2D eigenvalue weighted by atomic mass is 16.2. The van der Waals surface area contributed by atoms with E-state index in [1.807, 2.05) is 46.7 Å². The van der Waals surface area contributed by atoms with Gasteiger partial charge in [0, 0.05) is 76.3 Å². The van der Waals surface area contributed by atoms with E-state index >= 15 is 0 Å². The Hall–Kier alpha value is -2.70. The predicted molar refractivity (Wildman–Crippen MR) is 105 cm³/mol. The fraction of sp³-hybridized carbons (Fsp3) is 0.524. The zero-order chi connectivity index (χ0) is 19.3. The summed E-state index contributed by atoms with van der Waals surface area (Å²) >= 11 is 0. The molecule has 148 valence electrons. The van der Waals surface area contributed by atoms with Crippen LogP contribution in [0.3, 0.4) is 0 Å². The van der Waals surface area contributed by atoms with E-state index in [-0.39, 0.29) is 11.8 Å². The van der Waals surface area contributed by atoms with Crippen molar-refractivity contribution in [3.8, 4) is 0 Å². The molecule has 28 heavy (non-hydrogen) atoms. The molecule has 0 saturated carbocycles. The topological polar surface area (TPSA) is 71.3 Å². The molecule has 2 aromatic heterocycles. The van der Waals surface area contributed by atoms with Gasteiger partial charge in [-0.05, 0) is 37.0 Å². The normalized spacial score (nSPS) is 18.1. The Kier molecular flexibility index (Phi) is 5.69. The zero-order valence-electron chi connectivity index (χ0n) is 16.2. The minimum atomic E-state index is 0.165. The van der Waals surface area contributed by atoms with Crippen LogP contribution in [0.1, 0.15) is 49.4 Å². The van der Waals surface area contributed by atoms with Crippen LogP contribution < -0.4 is 0 Å². The lowest BCUT2D eigenvalue weighted by atomic mass is 9.95. The van der Waals surface area contributed by atoms with Crippen molar-refractivity contribution < 1.29 is 9.59 Å². The molecule has 7 nitrogen and oxygen atoms in total. The van der Waals surface area contributed by atoms with Gasteiger partial charge in [-0.2, -0.15) is 0 Å². The molecule has 4 rings (SSSR count). The van der Waals surface area contributed by atoms with Gasteiger partial charge in [0.2, 0.25) is 11.8 Å². The molecule has 0 bridgehead atoms. The highest BCUT2D eigenvalue weighted by molar-refractivity contribution is 5.80. The third-order valence-corrected chi connectivity index (χ3v) is 5.83. The van der Waals surface area contributed by atoms with Crippen LogP contribution >= 0.6 is 0 Å². The van der Waals surface area contributed by atoms with Gasteiger partial charge in [0.25, 0.3) is 0 Å². The largest absolute Gasteiger partial charge is 0.343 e.